The molecule has 4 rings (SSSR count). The molecular weight excluding hydrogens is 466 g/mol. The number of fused-ring (bicyclic) bond motifs is 1. The van der Waals surface area contributed by atoms with Gasteiger partial charge in [0.25, 0.3) is 0 Å². The number of benzene rings is 2. The van der Waals surface area contributed by atoms with Crippen LogP contribution in [-0.4, -0.2) is 84.8 Å². The first-order valence-corrected chi connectivity index (χ1v) is 13.7. The number of ether oxygens (including phenoxy) is 4. The van der Waals surface area contributed by atoms with E-state index in [2.05, 4.69) is 71.7 Å². The topological polar surface area (TPSA) is 55.4 Å². The van der Waals surface area contributed by atoms with E-state index in [1.54, 1.807) is 14.2 Å². The van der Waals surface area contributed by atoms with Crippen molar-refractivity contribution in [2.24, 2.45) is 0 Å². The van der Waals surface area contributed by atoms with Crippen molar-refractivity contribution < 1.29 is 18.9 Å². The summed E-state index contributed by atoms with van der Waals surface area (Å²) in [4.78, 5) is 4.67. The Bertz CT molecular complexity index is 952. The third-order valence-corrected chi connectivity index (χ3v) is 7.52. The lowest BCUT2D eigenvalue weighted by molar-refractivity contribution is 0.00202. The van der Waals surface area contributed by atoms with Crippen molar-refractivity contribution in [1.29, 1.82) is 0 Å². The van der Waals surface area contributed by atoms with Crippen LogP contribution in [0.15, 0.2) is 42.5 Å². The van der Waals surface area contributed by atoms with Gasteiger partial charge in [-0.25, -0.2) is 0 Å². The highest BCUT2D eigenvalue weighted by molar-refractivity contribution is 5.61. The molecule has 0 radical (unpaired) electrons. The van der Waals surface area contributed by atoms with Crippen molar-refractivity contribution in [3.05, 3.63) is 53.6 Å². The summed E-state index contributed by atoms with van der Waals surface area (Å²) >= 11 is 0. The van der Waals surface area contributed by atoms with Gasteiger partial charge in [0.15, 0.2) is 0 Å². The SMILES string of the molecule is COCCCN1CCOc2ccc(CO[C@H]3CN[C@H](CCCN(C)C)C[C@@H]3c3ccc(OC)cc3)cc21. The van der Waals surface area contributed by atoms with E-state index in [4.69, 9.17) is 18.9 Å². The first-order chi connectivity index (χ1) is 18.1. The fraction of sp³-hybridized carbons (Fsp3) is 0.600. The Morgan fingerprint density at radius 3 is 2.68 bits per heavy atom. The van der Waals surface area contributed by atoms with Crippen LogP contribution in [-0.2, 0) is 16.1 Å². The van der Waals surface area contributed by atoms with Gasteiger partial charge >= 0.3 is 0 Å². The smallest absolute Gasteiger partial charge is 0.142 e. The normalized spacial score (nSPS) is 21.5. The van der Waals surface area contributed by atoms with Gasteiger partial charge in [0.2, 0.25) is 0 Å². The summed E-state index contributed by atoms with van der Waals surface area (Å²) in [6, 6.07) is 15.5. The molecule has 204 valence electrons. The van der Waals surface area contributed by atoms with Gasteiger partial charge in [-0.3, -0.25) is 0 Å². The first-order valence-electron chi connectivity index (χ1n) is 13.7. The third-order valence-electron chi connectivity index (χ3n) is 7.52. The summed E-state index contributed by atoms with van der Waals surface area (Å²) < 4.78 is 23.2. The van der Waals surface area contributed by atoms with E-state index in [1.807, 2.05) is 0 Å². The Morgan fingerprint density at radius 2 is 1.92 bits per heavy atom. The molecule has 1 fully saturated rings. The standard InChI is InChI=1S/C30H45N3O4/c1-32(2)14-5-7-25-20-27(24-9-11-26(35-4)12-10-24)30(21-31-25)37-22-23-8-13-29-28(19-23)33(16-18-36-29)15-6-17-34-3/h8-13,19,25,27,30-31H,5-7,14-18,20-22H2,1-4H3/t25-,27-,30+/m1/s1. The van der Waals surface area contributed by atoms with E-state index >= 15 is 0 Å². The molecule has 0 amide bonds. The molecule has 0 aromatic heterocycles. The average molecular weight is 512 g/mol. The number of hydrogen-bond acceptors (Lipinski definition) is 7. The summed E-state index contributed by atoms with van der Waals surface area (Å²) in [7, 11) is 7.76. The van der Waals surface area contributed by atoms with Crippen LogP contribution in [0.1, 0.15) is 42.7 Å². The minimum absolute atomic E-state index is 0.114. The molecule has 7 heteroatoms. The number of nitrogens with one attached hydrogen (secondary N) is 1. The molecule has 2 heterocycles. The van der Waals surface area contributed by atoms with E-state index in [-0.39, 0.29) is 6.10 Å². The molecule has 7 nitrogen and oxygen atoms in total. The molecule has 3 atom stereocenters. The van der Waals surface area contributed by atoms with E-state index in [9.17, 15) is 0 Å². The lowest BCUT2D eigenvalue weighted by atomic mass is 9.83. The van der Waals surface area contributed by atoms with Crippen molar-refractivity contribution in [2.45, 2.75) is 50.4 Å². The van der Waals surface area contributed by atoms with Gasteiger partial charge in [-0.1, -0.05) is 18.2 Å². The van der Waals surface area contributed by atoms with Crippen LogP contribution in [0, 0.1) is 0 Å². The molecule has 0 bridgehead atoms. The maximum Gasteiger partial charge on any atom is 0.142 e. The van der Waals surface area contributed by atoms with E-state index in [0.29, 0.717) is 18.6 Å². The second-order valence-corrected chi connectivity index (χ2v) is 10.5. The van der Waals surface area contributed by atoms with Crippen LogP contribution in [0.3, 0.4) is 0 Å². The van der Waals surface area contributed by atoms with Crippen LogP contribution >= 0.6 is 0 Å². The Balaban J connectivity index is 1.42. The second-order valence-electron chi connectivity index (χ2n) is 10.5. The van der Waals surface area contributed by atoms with Crippen molar-refractivity contribution >= 4 is 5.69 Å². The van der Waals surface area contributed by atoms with Crippen molar-refractivity contribution in [1.82, 2.24) is 10.2 Å². The van der Waals surface area contributed by atoms with Crippen molar-refractivity contribution in [3.8, 4) is 11.5 Å². The molecule has 2 aliphatic rings. The predicted octanol–water partition coefficient (Wildman–Crippen LogP) is 4.30. The summed E-state index contributed by atoms with van der Waals surface area (Å²) in [6.07, 6.45) is 4.58. The van der Waals surface area contributed by atoms with Crippen molar-refractivity contribution in [2.75, 3.05) is 72.6 Å². The molecule has 1 N–H and O–H groups in total. The van der Waals surface area contributed by atoms with Gasteiger partial charge in [-0.2, -0.15) is 0 Å². The Hall–Kier alpha value is -2.32. The molecular formula is C30H45N3O4. The monoisotopic (exact) mass is 511 g/mol. The van der Waals surface area contributed by atoms with E-state index in [0.717, 1.165) is 69.4 Å². The lowest BCUT2D eigenvalue weighted by Crippen LogP contribution is -2.47. The molecule has 2 aromatic rings. The number of methoxy groups -OCH3 is 2. The number of anilines is 1. The molecule has 1 saturated heterocycles. The van der Waals surface area contributed by atoms with Gasteiger partial charge in [0, 0.05) is 38.8 Å². The van der Waals surface area contributed by atoms with Crippen LogP contribution < -0.4 is 19.7 Å². The maximum absolute atomic E-state index is 6.63. The zero-order chi connectivity index (χ0) is 26.0. The predicted molar refractivity (Wildman–Crippen MR) is 149 cm³/mol. The van der Waals surface area contributed by atoms with Crippen LogP contribution in [0.25, 0.3) is 0 Å². The Kier molecular flexibility index (Phi) is 10.5. The van der Waals surface area contributed by atoms with Gasteiger partial charge in [-0.05, 0) is 81.7 Å². The highest BCUT2D eigenvalue weighted by Crippen LogP contribution is 2.35. The summed E-state index contributed by atoms with van der Waals surface area (Å²) in [5.41, 5.74) is 3.67. The lowest BCUT2D eigenvalue weighted by Gasteiger charge is -2.38. The quantitative estimate of drug-likeness (QED) is 0.403. The van der Waals surface area contributed by atoms with Crippen LogP contribution in [0.5, 0.6) is 11.5 Å². The minimum atomic E-state index is 0.114. The number of piperidine rings is 1. The molecule has 2 aromatic carbocycles. The van der Waals surface area contributed by atoms with Crippen molar-refractivity contribution in [3.63, 3.8) is 0 Å². The molecule has 37 heavy (non-hydrogen) atoms. The van der Waals surface area contributed by atoms with E-state index in [1.165, 1.54) is 24.0 Å². The Morgan fingerprint density at radius 1 is 1.08 bits per heavy atom. The average Bonchev–Trinajstić information content (AvgIpc) is 2.92. The fourth-order valence-corrected chi connectivity index (χ4v) is 5.46. The summed E-state index contributed by atoms with van der Waals surface area (Å²) in [6.45, 7) is 5.94. The van der Waals surface area contributed by atoms with Crippen LogP contribution in [0.4, 0.5) is 5.69 Å². The number of rotatable bonds is 13. The van der Waals surface area contributed by atoms with E-state index < -0.39 is 0 Å². The van der Waals surface area contributed by atoms with Crippen LogP contribution in [0.2, 0.25) is 0 Å². The zero-order valence-electron chi connectivity index (χ0n) is 23.1. The number of nitrogens with zero attached hydrogens (tertiary/aromatic N) is 2. The highest BCUT2D eigenvalue weighted by Gasteiger charge is 2.32. The first kappa shape index (κ1) is 27.7. The number of hydrogen-bond donors (Lipinski definition) is 1. The second kappa shape index (κ2) is 14.0. The minimum Gasteiger partial charge on any atom is -0.497 e. The molecule has 0 aliphatic carbocycles. The van der Waals surface area contributed by atoms with Gasteiger partial charge in [0.05, 0.1) is 32.1 Å². The summed E-state index contributed by atoms with van der Waals surface area (Å²) in [5.74, 6) is 2.20. The highest BCUT2D eigenvalue weighted by atomic mass is 16.5. The fourth-order valence-electron chi connectivity index (χ4n) is 5.46. The largest absolute Gasteiger partial charge is 0.497 e. The zero-order valence-corrected chi connectivity index (χ0v) is 23.1. The molecule has 0 saturated carbocycles. The Labute approximate surface area is 223 Å². The summed E-state index contributed by atoms with van der Waals surface area (Å²) in [5, 5.41) is 3.78. The third kappa shape index (κ3) is 7.84. The van der Waals surface area contributed by atoms with Gasteiger partial charge in [0.1, 0.15) is 18.1 Å². The van der Waals surface area contributed by atoms with Gasteiger partial charge < -0.3 is 34.1 Å². The maximum atomic E-state index is 6.63. The van der Waals surface area contributed by atoms with Gasteiger partial charge in [-0.15, -0.1) is 0 Å². The molecule has 0 unspecified atom stereocenters. The molecule has 0 spiro atoms. The molecule has 2 aliphatic heterocycles.